The minimum Gasteiger partial charge on any atom is -0.363 e. The summed E-state index contributed by atoms with van der Waals surface area (Å²) >= 11 is 0. The van der Waals surface area contributed by atoms with Crippen molar-refractivity contribution >= 4 is 11.6 Å². The molecule has 1 unspecified atom stereocenters. The average molecular weight is 283 g/mol. The van der Waals surface area contributed by atoms with Gasteiger partial charge in [-0.05, 0) is 32.3 Å². The Hall–Kier alpha value is -2.14. The van der Waals surface area contributed by atoms with Gasteiger partial charge in [0.2, 0.25) is 0 Å². The van der Waals surface area contributed by atoms with Crippen molar-refractivity contribution in [3.63, 3.8) is 0 Å². The Morgan fingerprint density at radius 3 is 2.43 bits per heavy atom. The van der Waals surface area contributed by atoms with Crippen molar-refractivity contribution in [2.75, 3.05) is 10.7 Å². The van der Waals surface area contributed by atoms with Crippen LogP contribution in [0.2, 0.25) is 0 Å². The van der Waals surface area contributed by atoms with Crippen molar-refractivity contribution < 1.29 is 0 Å². The molecule has 1 aliphatic carbocycles. The third-order valence-corrected chi connectivity index (χ3v) is 3.78. The van der Waals surface area contributed by atoms with E-state index in [1.54, 1.807) is 0 Å². The van der Waals surface area contributed by atoms with Gasteiger partial charge < -0.3 is 10.7 Å². The molecule has 0 bridgehead atoms. The van der Waals surface area contributed by atoms with E-state index in [4.69, 9.17) is 5.84 Å². The highest BCUT2D eigenvalue weighted by Crippen LogP contribution is 2.39. The third-order valence-electron chi connectivity index (χ3n) is 3.78. The first-order chi connectivity index (χ1) is 10.2. The molecule has 1 saturated carbocycles. The molecule has 2 aromatic rings. The van der Waals surface area contributed by atoms with E-state index in [0.717, 1.165) is 11.6 Å². The minimum atomic E-state index is 0.179. The number of nitrogen functional groups attached to an aromatic ring is 1. The molecule has 21 heavy (non-hydrogen) atoms. The molecule has 1 fully saturated rings. The van der Waals surface area contributed by atoms with Gasteiger partial charge in [0.25, 0.3) is 0 Å². The first-order valence-corrected chi connectivity index (χ1v) is 7.34. The molecule has 1 aromatic heterocycles. The van der Waals surface area contributed by atoms with Crippen LogP contribution in [0, 0.1) is 6.92 Å². The molecule has 0 aliphatic heterocycles. The average Bonchev–Trinajstić information content (AvgIpc) is 3.32. The molecule has 5 nitrogen and oxygen atoms in total. The molecule has 0 spiro atoms. The number of anilines is 2. The normalized spacial score (nSPS) is 15.6. The second kappa shape index (κ2) is 5.69. The maximum Gasteiger partial charge on any atom is 0.145 e. The van der Waals surface area contributed by atoms with E-state index in [9.17, 15) is 0 Å². The SMILES string of the molecule is Cc1ccc(C(C)Nc2cc(NN)nc(C3CC3)n2)cc1. The van der Waals surface area contributed by atoms with E-state index in [1.807, 2.05) is 6.07 Å². The lowest BCUT2D eigenvalue weighted by molar-refractivity contribution is 0.854. The van der Waals surface area contributed by atoms with E-state index < -0.39 is 0 Å². The van der Waals surface area contributed by atoms with Gasteiger partial charge in [0.05, 0.1) is 0 Å². The van der Waals surface area contributed by atoms with Gasteiger partial charge in [-0.15, -0.1) is 0 Å². The summed E-state index contributed by atoms with van der Waals surface area (Å²) in [6.45, 7) is 4.21. The number of hydrogen-bond acceptors (Lipinski definition) is 5. The van der Waals surface area contributed by atoms with Gasteiger partial charge in [-0.3, -0.25) is 0 Å². The van der Waals surface area contributed by atoms with Gasteiger partial charge in [0.1, 0.15) is 17.5 Å². The van der Waals surface area contributed by atoms with Crippen LogP contribution in [-0.4, -0.2) is 9.97 Å². The van der Waals surface area contributed by atoms with Crippen LogP contribution in [0.15, 0.2) is 30.3 Å². The van der Waals surface area contributed by atoms with Crippen molar-refractivity contribution in [3.8, 4) is 0 Å². The largest absolute Gasteiger partial charge is 0.363 e. The number of hydrogen-bond donors (Lipinski definition) is 3. The van der Waals surface area contributed by atoms with Gasteiger partial charge in [0, 0.05) is 18.0 Å². The number of hydrazine groups is 1. The van der Waals surface area contributed by atoms with Crippen molar-refractivity contribution in [1.29, 1.82) is 0 Å². The first-order valence-electron chi connectivity index (χ1n) is 7.34. The fourth-order valence-electron chi connectivity index (χ4n) is 2.30. The summed E-state index contributed by atoms with van der Waals surface area (Å²) in [5.41, 5.74) is 5.11. The maximum absolute atomic E-state index is 5.50. The number of nitrogens with one attached hydrogen (secondary N) is 2. The predicted molar refractivity (Wildman–Crippen MR) is 85.0 cm³/mol. The van der Waals surface area contributed by atoms with Crippen LogP contribution in [0.4, 0.5) is 11.6 Å². The zero-order chi connectivity index (χ0) is 14.8. The molecular formula is C16H21N5. The van der Waals surface area contributed by atoms with E-state index >= 15 is 0 Å². The molecule has 1 aliphatic rings. The van der Waals surface area contributed by atoms with Gasteiger partial charge >= 0.3 is 0 Å². The van der Waals surface area contributed by atoms with Gasteiger partial charge in [0.15, 0.2) is 0 Å². The Morgan fingerprint density at radius 2 is 1.81 bits per heavy atom. The zero-order valence-electron chi connectivity index (χ0n) is 12.4. The monoisotopic (exact) mass is 283 g/mol. The molecule has 110 valence electrons. The van der Waals surface area contributed by atoms with E-state index in [0.29, 0.717) is 11.7 Å². The smallest absolute Gasteiger partial charge is 0.145 e. The number of aryl methyl sites for hydroxylation is 1. The lowest BCUT2D eigenvalue weighted by Crippen LogP contribution is -2.13. The Bertz CT molecular complexity index is 619. The summed E-state index contributed by atoms with van der Waals surface area (Å²) in [4.78, 5) is 9.03. The van der Waals surface area contributed by atoms with Crippen LogP contribution >= 0.6 is 0 Å². The lowest BCUT2D eigenvalue weighted by atomic mass is 10.1. The Balaban J connectivity index is 1.79. The highest BCUT2D eigenvalue weighted by Gasteiger charge is 2.27. The summed E-state index contributed by atoms with van der Waals surface area (Å²) in [6, 6.07) is 10.5. The zero-order valence-corrected chi connectivity index (χ0v) is 12.4. The summed E-state index contributed by atoms with van der Waals surface area (Å²) < 4.78 is 0. The van der Waals surface area contributed by atoms with Gasteiger partial charge in [-0.25, -0.2) is 15.8 Å². The summed E-state index contributed by atoms with van der Waals surface area (Å²) in [5.74, 6) is 8.34. The van der Waals surface area contributed by atoms with Crippen molar-refractivity contribution in [2.45, 2.75) is 38.6 Å². The summed E-state index contributed by atoms with van der Waals surface area (Å²) in [5, 5.41) is 3.43. The highest BCUT2D eigenvalue weighted by atomic mass is 15.3. The van der Waals surface area contributed by atoms with E-state index in [-0.39, 0.29) is 6.04 Å². The fourth-order valence-corrected chi connectivity index (χ4v) is 2.30. The molecule has 1 aromatic carbocycles. The topological polar surface area (TPSA) is 75.9 Å². The number of nitrogens with zero attached hydrogens (tertiary/aromatic N) is 2. The number of aromatic nitrogens is 2. The standard InChI is InChI=1S/C16H21N5/c1-10-3-5-12(6-4-10)11(2)18-14-9-15(21-17)20-16(19-14)13-7-8-13/h3-6,9,11,13H,7-8,17H2,1-2H3,(H2,18,19,20,21). The fraction of sp³-hybridized carbons (Fsp3) is 0.375. The predicted octanol–water partition coefficient (Wildman–Crippen LogP) is 3.12. The maximum atomic E-state index is 5.50. The third kappa shape index (κ3) is 3.31. The van der Waals surface area contributed by atoms with Crippen LogP contribution in [0.1, 0.15) is 48.7 Å². The van der Waals surface area contributed by atoms with E-state index in [1.165, 1.54) is 24.0 Å². The molecule has 0 amide bonds. The molecular weight excluding hydrogens is 262 g/mol. The summed E-state index contributed by atoms with van der Waals surface area (Å²) in [6.07, 6.45) is 2.34. The second-order valence-electron chi connectivity index (χ2n) is 5.69. The Kier molecular flexibility index (Phi) is 3.75. The summed E-state index contributed by atoms with van der Waals surface area (Å²) in [7, 11) is 0. The molecule has 3 rings (SSSR count). The van der Waals surface area contributed by atoms with Crippen LogP contribution < -0.4 is 16.6 Å². The minimum absolute atomic E-state index is 0.179. The van der Waals surface area contributed by atoms with Crippen LogP contribution in [0.3, 0.4) is 0 Å². The van der Waals surface area contributed by atoms with Crippen LogP contribution in [0.25, 0.3) is 0 Å². The quantitative estimate of drug-likeness (QED) is 0.580. The number of rotatable bonds is 5. The van der Waals surface area contributed by atoms with Crippen LogP contribution in [0.5, 0.6) is 0 Å². The first kappa shape index (κ1) is 13.8. The Morgan fingerprint density at radius 1 is 1.14 bits per heavy atom. The lowest BCUT2D eigenvalue weighted by Gasteiger charge is -2.16. The van der Waals surface area contributed by atoms with Crippen molar-refractivity contribution in [2.24, 2.45) is 5.84 Å². The van der Waals surface area contributed by atoms with Crippen molar-refractivity contribution in [1.82, 2.24) is 9.97 Å². The molecule has 0 radical (unpaired) electrons. The molecule has 1 heterocycles. The highest BCUT2D eigenvalue weighted by molar-refractivity contribution is 5.49. The van der Waals surface area contributed by atoms with E-state index in [2.05, 4.69) is 58.8 Å². The number of nitrogens with two attached hydrogens (primary N) is 1. The molecule has 0 saturated heterocycles. The molecule has 1 atom stereocenters. The van der Waals surface area contributed by atoms with Gasteiger partial charge in [-0.1, -0.05) is 29.8 Å². The molecule has 4 N–H and O–H groups in total. The van der Waals surface area contributed by atoms with Gasteiger partial charge in [-0.2, -0.15) is 0 Å². The second-order valence-corrected chi connectivity index (χ2v) is 5.69. The number of benzene rings is 1. The Labute approximate surface area is 125 Å². The van der Waals surface area contributed by atoms with Crippen molar-refractivity contribution in [3.05, 3.63) is 47.3 Å². The van der Waals surface area contributed by atoms with Crippen LogP contribution in [-0.2, 0) is 0 Å². The molecule has 5 heteroatoms.